The van der Waals surface area contributed by atoms with Crippen LogP contribution in [-0.2, 0) is 17.8 Å². The predicted octanol–water partition coefficient (Wildman–Crippen LogP) is 3.21. The van der Waals surface area contributed by atoms with Gasteiger partial charge in [-0.05, 0) is 29.8 Å². The summed E-state index contributed by atoms with van der Waals surface area (Å²) in [7, 11) is 0. The Morgan fingerprint density at radius 2 is 1.94 bits per heavy atom. The first-order valence-electron chi connectivity index (χ1n) is 5.17. The van der Waals surface area contributed by atoms with Gasteiger partial charge < -0.3 is 9.53 Å². The lowest BCUT2D eigenvalue weighted by Crippen LogP contribution is -1.93. The van der Waals surface area contributed by atoms with E-state index in [-0.39, 0.29) is 5.82 Å². The van der Waals surface area contributed by atoms with Gasteiger partial charge >= 0.3 is 0 Å². The second-order valence-corrected chi connectivity index (χ2v) is 4.64. The molecule has 0 saturated carbocycles. The molecule has 1 aromatic carbocycles. The lowest BCUT2D eigenvalue weighted by atomic mass is 10.2. The topological polar surface area (TPSA) is 26.3 Å². The standard InChI is InChI=1S/C13H11FO2S/c14-11-3-1-10(2-4-11)9-16-13-6-5-12(17-13)7-8-15/h1-6,8H,7,9H2. The zero-order chi connectivity index (χ0) is 12.1. The smallest absolute Gasteiger partial charge is 0.174 e. The molecule has 1 aromatic heterocycles. The van der Waals surface area contributed by atoms with Crippen LogP contribution in [-0.4, -0.2) is 6.29 Å². The Balaban J connectivity index is 1.92. The summed E-state index contributed by atoms with van der Waals surface area (Å²) in [6.45, 7) is 0.404. The fourth-order valence-corrected chi connectivity index (χ4v) is 2.16. The van der Waals surface area contributed by atoms with Crippen molar-refractivity contribution in [3.63, 3.8) is 0 Å². The van der Waals surface area contributed by atoms with Gasteiger partial charge in [-0.15, -0.1) is 11.3 Å². The number of aldehydes is 1. The van der Waals surface area contributed by atoms with Crippen LogP contribution in [0.5, 0.6) is 5.06 Å². The van der Waals surface area contributed by atoms with E-state index in [9.17, 15) is 9.18 Å². The molecule has 0 bridgehead atoms. The molecule has 0 aliphatic heterocycles. The van der Waals surface area contributed by atoms with Gasteiger partial charge in [0.2, 0.25) is 0 Å². The van der Waals surface area contributed by atoms with Crippen molar-refractivity contribution in [2.24, 2.45) is 0 Å². The van der Waals surface area contributed by atoms with E-state index < -0.39 is 0 Å². The van der Waals surface area contributed by atoms with E-state index in [2.05, 4.69) is 0 Å². The summed E-state index contributed by atoms with van der Waals surface area (Å²) in [5.41, 5.74) is 0.914. The molecule has 2 rings (SSSR count). The summed E-state index contributed by atoms with van der Waals surface area (Å²) in [4.78, 5) is 11.3. The first kappa shape index (κ1) is 11.8. The Kier molecular flexibility index (Phi) is 3.88. The second kappa shape index (κ2) is 5.59. The first-order chi connectivity index (χ1) is 8.28. The normalized spacial score (nSPS) is 10.2. The van der Waals surface area contributed by atoms with Crippen LogP contribution in [0, 0.1) is 5.82 Å². The molecule has 0 radical (unpaired) electrons. The molecule has 2 aromatic rings. The summed E-state index contributed by atoms with van der Waals surface area (Å²) in [6.07, 6.45) is 1.29. The number of rotatable bonds is 5. The summed E-state index contributed by atoms with van der Waals surface area (Å²) >= 11 is 1.45. The molecular formula is C13H11FO2S. The van der Waals surface area contributed by atoms with Crippen molar-refractivity contribution in [3.05, 3.63) is 52.7 Å². The van der Waals surface area contributed by atoms with Crippen molar-refractivity contribution < 1.29 is 13.9 Å². The van der Waals surface area contributed by atoms with E-state index in [1.165, 1.54) is 23.5 Å². The van der Waals surface area contributed by atoms with Crippen molar-refractivity contribution in [2.45, 2.75) is 13.0 Å². The van der Waals surface area contributed by atoms with Crippen molar-refractivity contribution in [2.75, 3.05) is 0 Å². The van der Waals surface area contributed by atoms with Crippen LogP contribution in [0.2, 0.25) is 0 Å². The molecule has 0 spiro atoms. The molecule has 0 N–H and O–H groups in total. The van der Waals surface area contributed by atoms with Crippen LogP contribution in [0.25, 0.3) is 0 Å². The third-order valence-electron chi connectivity index (χ3n) is 2.22. The average Bonchev–Trinajstić information content (AvgIpc) is 2.77. The van der Waals surface area contributed by atoms with Crippen molar-refractivity contribution in [3.8, 4) is 5.06 Å². The number of carbonyl (C=O) groups excluding carboxylic acids is 1. The highest BCUT2D eigenvalue weighted by molar-refractivity contribution is 7.13. The SMILES string of the molecule is O=CCc1ccc(OCc2ccc(F)cc2)s1. The molecule has 0 aliphatic rings. The minimum absolute atomic E-state index is 0.252. The van der Waals surface area contributed by atoms with E-state index in [0.717, 1.165) is 21.8 Å². The first-order valence-corrected chi connectivity index (χ1v) is 5.99. The van der Waals surface area contributed by atoms with Crippen LogP contribution in [0.15, 0.2) is 36.4 Å². The van der Waals surface area contributed by atoms with Gasteiger partial charge in [-0.3, -0.25) is 0 Å². The maximum Gasteiger partial charge on any atom is 0.174 e. The van der Waals surface area contributed by atoms with Crippen LogP contribution >= 0.6 is 11.3 Å². The molecule has 0 saturated heterocycles. The summed E-state index contributed by atoms with van der Waals surface area (Å²) in [6, 6.07) is 9.91. The molecule has 88 valence electrons. The summed E-state index contributed by atoms with van der Waals surface area (Å²) in [5, 5.41) is 0.770. The average molecular weight is 250 g/mol. The van der Waals surface area contributed by atoms with E-state index >= 15 is 0 Å². The fourth-order valence-electron chi connectivity index (χ4n) is 1.36. The van der Waals surface area contributed by atoms with Crippen molar-refractivity contribution in [1.82, 2.24) is 0 Å². The predicted molar refractivity (Wildman–Crippen MR) is 64.8 cm³/mol. The van der Waals surface area contributed by atoms with E-state index in [0.29, 0.717) is 13.0 Å². The largest absolute Gasteiger partial charge is 0.479 e. The molecular weight excluding hydrogens is 239 g/mol. The van der Waals surface area contributed by atoms with E-state index in [4.69, 9.17) is 4.74 Å². The molecule has 0 amide bonds. The third kappa shape index (κ3) is 3.39. The molecule has 2 nitrogen and oxygen atoms in total. The minimum atomic E-state index is -0.252. The molecule has 0 aliphatic carbocycles. The number of thiophene rings is 1. The lowest BCUT2D eigenvalue weighted by Gasteiger charge is -2.02. The van der Waals surface area contributed by atoms with Gasteiger partial charge in [0.25, 0.3) is 0 Å². The molecule has 0 fully saturated rings. The Morgan fingerprint density at radius 3 is 2.65 bits per heavy atom. The summed E-state index contributed by atoms with van der Waals surface area (Å²) in [5.74, 6) is -0.252. The molecule has 4 heteroatoms. The zero-order valence-corrected chi connectivity index (χ0v) is 9.87. The van der Waals surface area contributed by atoms with Gasteiger partial charge in [-0.1, -0.05) is 12.1 Å². The molecule has 1 heterocycles. The Labute approximate surface area is 103 Å². The van der Waals surface area contributed by atoms with Gasteiger partial charge in [0.1, 0.15) is 18.7 Å². The van der Waals surface area contributed by atoms with Crippen molar-refractivity contribution in [1.29, 1.82) is 0 Å². The number of hydrogen-bond donors (Lipinski definition) is 0. The van der Waals surface area contributed by atoms with Gasteiger partial charge in [-0.2, -0.15) is 0 Å². The highest BCUT2D eigenvalue weighted by Crippen LogP contribution is 2.25. The second-order valence-electron chi connectivity index (χ2n) is 3.51. The quantitative estimate of drug-likeness (QED) is 0.762. The van der Waals surface area contributed by atoms with Crippen LogP contribution in [0.4, 0.5) is 4.39 Å². The zero-order valence-electron chi connectivity index (χ0n) is 9.06. The molecule has 0 unspecified atom stereocenters. The van der Waals surface area contributed by atoms with E-state index in [1.54, 1.807) is 12.1 Å². The van der Waals surface area contributed by atoms with Gasteiger partial charge in [0.05, 0.1) is 0 Å². The highest BCUT2D eigenvalue weighted by Gasteiger charge is 2.01. The number of hydrogen-bond acceptors (Lipinski definition) is 3. The Morgan fingerprint density at radius 1 is 1.18 bits per heavy atom. The maximum atomic E-state index is 12.7. The highest BCUT2D eigenvalue weighted by atomic mass is 32.1. The van der Waals surface area contributed by atoms with Crippen molar-refractivity contribution >= 4 is 17.6 Å². The molecule has 17 heavy (non-hydrogen) atoms. The number of halogens is 1. The van der Waals surface area contributed by atoms with Crippen LogP contribution in [0.1, 0.15) is 10.4 Å². The Bertz CT molecular complexity index is 490. The van der Waals surface area contributed by atoms with Gasteiger partial charge in [0, 0.05) is 11.3 Å². The van der Waals surface area contributed by atoms with E-state index in [1.807, 2.05) is 12.1 Å². The number of benzene rings is 1. The maximum absolute atomic E-state index is 12.7. The lowest BCUT2D eigenvalue weighted by molar-refractivity contribution is -0.107. The summed E-state index contributed by atoms with van der Waals surface area (Å²) < 4.78 is 18.2. The number of carbonyl (C=O) groups is 1. The number of ether oxygens (including phenoxy) is 1. The van der Waals surface area contributed by atoms with Gasteiger partial charge in [-0.25, -0.2) is 4.39 Å². The Hall–Kier alpha value is -1.68. The van der Waals surface area contributed by atoms with Crippen LogP contribution in [0.3, 0.4) is 0 Å². The van der Waals surface area contributed by atoms with Gasteiger partial charge in [0.15, 0.2) is 5.06 Å². The third-order valence-corrected chi connectivity index (χ3v) is 3.24. The molecule has 0 atom stereocenters. The van der Waals surface area contributed by atoms with Crippen LogP contribution < -0.4 is 4.74 Å². The fraction of sp³-hybridized carbons (Fsp3) is 0.154. The minimum Gasteiger partial charge on any atom is -0.479 e. The monoisotopic (exact) mass is 250 g/mol.